The first-order valence-corrected chi connectivity index (χ1v) is 2.83. The molecule has 58 valence electrons. The fourth-order valence-corrected chi connectivity index (χ4v) is 0.663. The largest absolute Gasteiger partial charge is 0.477 e. The smallest absolute Gasteiger partial charge is 0.354 e. The van der Waals surface area contributed by atoms with Gasteiger partial charge in [-0.1, -0.05) is 0 Å². The van der Waals surface area contributed by atoms with E-state index in [0.29, 0.717) is 0 Å². The molecular weight excluding hydrogens is 148 g/mol. The van der Waals surface area contributed by atoms with E-state index < -0.39 is 11.5 Å². The van der Waals surface area contributed by atoms with E-state index in [1.807, 2.05) is 0 Å². The van der Waals surface area contributed by atoms with Crippen molar-refractivity contribution in [1.82, 2.24) is 4.98 Å². The van der Waals surface area contributed by atoms with Gasteiger partial charge in [-0.05, 0) is 6.07 Å². The predicted molar refractivity (Wildman–Crippen MR) is 38.4 cm³/mol. The Morgan fingerprint density at radius 1 is 1.55 bits per heavy atom. The zero-order chi connectivity index (χ0) is 8.43. The van der Waals surface area contributed by atoms with Gasteiger partial charge in [-0.2, -0.15) is 0 Å². The predicted octanol–water partition coefficient (Wildman–Crippen LogP) is -0.345. The Balaban J connectivity index is 3.35. The number of carboxylic acids is 1. The quantitative estimate of drug-likeness (QED) is 0.515. The zero-order valence-corrected chi connectivity index (χ0v) is 5.50. The summed E-state index contributed by atoms with van der Waals surface area (Å²) in [5, 5.41) is 8.44. The Bertz CT molecular complexity index is 342. The standard InChI is InChI=1S/C6H6N2O3/c7-3-1-2-4(9)8-5(3)6(10)11/h1-2H,7H2,(H,8,9)(H,10,11). The van der Waals surface area contributed by atoms with E-state index in [2.05, 4.69) is 4.98 Å². The molecule has 1 aromatic heterocycles. The Kier molecular flexibility index (Phi) is 1.63. The van der Waals surface area contributed by atoms with Gasteiger partial charge in [-0.25, -0.2) is 4.79 Å². The van der Waals surface area contributed by atoms with E-state index >= 15 is 0 Å². The molecule has 1 heterocycles. The van der Waals surface area contributed by atoms with Gasteiger partial charge in [0.2, 0.25) is 5.56 Å². The number of rotatable bonds is 1. The summed E-state index contributed by atoms with van der Waals surface area (Å²) in [6.45, 7) is 0. The maximum Gasteiger partial charge on any atom is 0.354 e. The second kappa shape index (κ2) is 2.45. The van der Waals surface area contributed by atoms with E-state index in [4.69, 9.17) is 10.8 Å². The molecule has 5 nitrogen and oxygen atoms in total. The van der Waals surface area contributed by atoms with Crippen molar-refractivity contribution < 1.29 is 9.90 Å². The van der Waals surface area contributed by atoms with Crippen molar-refractivity contribution in [3.8, 4) is 0 Å². The Morgan fingerprint density at radius 3 is 2.64 bits per heavy atom. The number of hydrogen-bond acceptors (Lipinski definition) is 3. The molecule has 0 atom stereocenters. The second-order valence-corrected chi connectivity index (χ2v) is 1.96. The van der Waals surface area contributed by atoms with Gasteiger partial charge >= 0.3 is 5.97 Å². The molecule has 0 aliphatic heterocycles. The van der Waals surface area contributed by atoms with Crippen molar-refractivity contribution in [1.29, 1.82) is 0 Å². The van der Waals surface area contributed by atoms with Crippen molar-refractivity contribution >= 4 is 11.7 Å². The van der Waals surface area contributed by atoms with Crippen LogP contribution in [0.3, 0.4) is 0 Å². The fraction of sp³-hybridized carbons (Fsp3) is 0. The maximum atomic E-state index is 10.6. The summed E-state index contributed by atoms with van der Waals surface area (Å²) in [7, 11) is 0. The first-order chi connectivity index (χ1) is 5.11. The zero-order valence-electron chi connectivity index (χ0n) is 5.50. The number of nitrogen functional groups attached to an aromatic ring is 1. The molecule has 1 aromatic rings. The average molecular weight is 154 g/mol. The molecule has 0 saturated carbocycles. The average Bonchev–Trinajstić information content (AvgIpc) is 1.94. The maximum absolute atomic E-state index is 10.6. The van der Waals surface area contributed by atoms with Crippen LogP contribution < -0.4 is 11.3 Å². The molecule has 0 fully saturated rings. The van der Waals surface area contributed by atoms with Gasteiger partial charge in [0, 0.05) is 6.07 Å². The number of nitrogens with one attached hydrogen (secondary N) is 1. The monoisotopic (exact) mass is 154 g/mol. The molecule has 1 rings (SSSR count). The number of aromatic nitrogens is 1. The summed E-state index contributed by atoms with van der Waals surface area (Å²) in [6.07, 6.45) is 0. The number of aromatic amines is 1. The van der Waals surface area contributed by atoms with Crippen molar-refractivity contribution in [3.63, 3.8) is 0 Å². The van der Waals surface area contributed by atoms with Crippen LogP contribution in [0.15, 0.2) is 16.9 Å². The summed E-state index contributed by atoms with van der Waals surface area (Å²) in [6, 6.07) is 2.42. The fourth-order valence-electron chi connectivity index (χ4n) is 0.663. The van der Waals surface area contributed by atoms with Gasteiger partial charge in [0.05, 0.1) is 5.69 Å². The molecule has 5 heteroatoms. The van der Waals surface area contributed by atoms with Crippen LogP contribution >= 0.6 is 0 Å². The van der Waals surface area contributed by atoms with Crippen molar-refractivity contribution in [2.75, 3.05) is 5.73 Å². The van der Waals surface area contributed by atoms with Crippen LogP contribution in [0.5, 0.6) is 0 Å². The first kappa shape index (κ1) is 7.33. The van der Waals surface area contributed by atoms with Crippen LogP contribution in [0, 0.1) is 0 Å². The molecule has 0 saturated heterocycles. The molecule has 0 unspecified atom stereocenters. The van der Waals surface area contributed by atoms with Crippen molar-refractivity contribution in [3.05, 3.63) is 28.2 Å². The van der Waals surface area contributed by atoms with Crippen LogP contribution in [-0.4, -0.2) is 16.1 Å². The number of nitrogens with two attached hydrogens (primary N) is 1. The second-order valence-electron chi connectivity index (χ2n) is 1.96. The summed E-state index contributed by atoms with van der Waals surface area (Å²) in [4.78, 5) is 23.0. The highest BCUT2D eigenvalue weighted by Crippen LogP contribution is 2.03. The van der Waals surface area contributed by atoms with Gasteiger partial charge in [0.15, 0.2) is 5.69 Å². The molecule has 4 N–H and O–H groups in total. The van der Waals surface area contributed by atoms with Crippen molar-refractivity contribution in [2.24, 2.45) is 0 Å². The molecule has 0 aliphatic rings. The number of hydrogen-bond donors (Lipinski definition) is 3. The van der Waals surface area contributed by atoms with Crippen molar-refractivity contribution in [2.45, 2.75) is 0 Å². The third-order valence-corrected chi connectivity index (χ3v) is 1.17. The summed E-state index contributed by atoms with van der Waals surface area (Å²) < 4.78 is 0. The highest BCUT2D eigenvalue weighted by atomic mass is 16.4. The molecule has 11 heavy (non-hydrogen) atoms. The lowest BCUT2D eigenvalue weighted by Gasteiger charge is -1.96. The normalized spacial score (nSPS) is 9.45. The van der Waals surface area contributed by atoms with Crippen LogP contribution in [0.25, 0.3) is 0 Å². The van der Waals surface area contributed by atoms with Gasteiger partial charge in [-0.3, -0.25) is 4.79 Å². The third-order valence-electron chi connectivity index (χ3n) is 1.17. The van der Waals surface area contributed by atoms with Gasteiger partial charge in [0.25, 0.3) is 0 Å². The SMILES string of the molecule is Nc1ccc(=O)[nH]c1C(=O)O. The molecule has 0 aromatic carbocycles. The number of H-pyrrole nitrogens is 1. The minimum Gasteiger partial charge on any atom is -0.477 e. The number of aromatic carboxylic acids is 1. The molecular formula is C6H6N2O3. The van der Waals surface area contributed by atoms with Crippen LogP contribution in [0.4, 0.5) is 5.69 Å². The lowest BCUT2D eigenvalue weighted by Crippen LogP contribution is -2.13. The van der Waals surface area contributed by atoms with Crippen LogP contribution in [0.2, 0.25) is 0 Å². The van der Waals surface area contributed by atoms with Gasteiger partial charge in [-0.15, -0.1) is 0 Å². The Morgan fingerprint density at radius 2 is 2.18 bits per heavy atom. The van der Waals surface area contributed by atoms with Gasteiger partial charge in [0.1, 0.15) is 0 Å². The van der Waals surface area contributed by atoms with E-state index in [1.165, 1.54) is 12.1 Å². The number of pyridine rings is 1. The third kappa shape index (κ3) is 1.37. The van der Waals surface area contributed by atoms with E-state index in [0.717, 1.165) is 0 Å². The molecule has 0 bridgehead atoms. The Labute approximate surface area is 61.5 Å². The lowest BCUT2D eigenvalue weighted by atomic mass is 10.3. The first-order valence-electron chi connectivity index (χ1n) is 2.83. The Hall–Kier alpha value is -1.78. The van der Waals surface area contributed by atoms with Crippen LogP contribution in [0.1, 0.15) is 10.5 Å². The highest BCUT2D eigenvalue weighted by molar-refractivity contribution is 5.90. The molecule has 0 spiro atoms. The summed E-state index contributed by atoms with van der Waals surface area (Å²) in [5.41, 5.74) is 4.55. The molecule has 0 radical (unpaired) electrons. The number of anilines is 1. The number of carboxylic acid groups (broad SMARTS) is 1. The minimum atomic E-state index is -1.24. The van der Waals surface area contributed by atoms with E-state index in [9.17, 15) is 9.59 Å². The molecule has 0 aliphatic carbocycles. The number of carbonyl (C=O) groups is 1. The lowest BCUT2D eigenvalue weighted by molar-refractivity contribution is 0.0691. The van der Waals surface area contributed by atoms with Gasteiger partial charge < -0.3 is 15.8 Å². The minimum absolute atomic E-state index is 0.0529. The van der Waals surface area contributed by atoms with E-state index in [-0.39, 0.29) is 11.4 Å². The van der Waals surface area contributed by atoms with E-state index in [1.54, 1.807) is 0 Å². The van der Waals surface area contributed by atoms with Crippen LogP contribution in [-0.2, 0) is 0 Å². The molecule has 0 amide bonds. The summed E-state index contributed by atoms with van der Waals surface area (Å²) in [5.74, 6) is -1.24. The highest BCUT2D eigenvalue weighted by Gasteiger charge is 2.06. The summed E-state index contributed by atoms with van der Waals surface area (Å²) >= 11 is 0. The topological polar surface area (TPSA) is 96.2 Å².